The number of carbonyl (C=O) groups is 1. The Morgan fingerprint density at radius 2 is 2.15 bits per heavy atom. The Balaban J connectivity index is 2.56. The van der Waals surface area contributed by atoms with E-state index in [1.54, 1.807) is 11.8 Å². The Morgan fingerprint density at radius 3 is 2.62 bits per heavy atom. The number of hydrogen-bond acceptors (Lipinski definition) is 3. The van der Waals surface area contributed by atoms with Crippen LogP contribution in [-0.4, -0.2) is 36.2 Å². The first-order valence-corrected chi connectivity index (χ1v) is 6.04. The van der Waals surface area contributed by atoms with Crippen LogP contribution in [0.2, 0.25) is 0 Å². The van der Waals surface area contributed by atoms with Crippen molar-refractivity contribution in [1.82, 2.24) is 5.32 Å². The lowest BCUT2D eigenvalue weighted by Gasteiger charge is -2.33. The second kappa shape index (κ2) is 4.86. The monoisotopic (exact) mass is 203 g/mol. The van der Waals surface area contributed by atoms with Crippen molar-refractivity contribution in [2.75, 3.05) is 25.1 Å². The van der Waals surface area contributed by atoms with Gasteiger partial charge in [-0.2, -0.15) is 11.8 Å². The molecule has 0 aliphatic carbocycles. The molecule has 13 heavy (non-hydrogen) atoms. The lowest BCUT2D eigenvalue weighted by molar-refractivity contribution is -0.150. The van der Waals surface area contributed by atoms with Gasteiger partial charge in [0.25, 0.3) is 0 Å². The van der Waals surface area contributed by atoms with Crippen LogP contribution in [0.5, 0.6) is 0 Å². The van der Waals surface area contributed by atoms with Gasteiger partial charge >= 0.3 is 5.97 Å². The molecule has 3 nitrogen and oxygen atoms in total. The molecule has 0 aromatic heterocycles. The minimum absolute atomic E-state index is 0.436. The van der Waals surface area contributed by atoms with Crippen LogP contribution in [0.4, 0.5) is 0 Å². The first-order chi connectivity index (χ1) is 6.21. The number of carboxylic acids is 1. The summed E-state index contributed by atoms with van der Waals surface area (Å²) < 4.78 is 0. The second-order valence-electron chi connectivity index (χ2n) is 3.58. The highest BCUT2D eigenvalue weighted by Crippen LogP contribution is 2.33. The third-order valence-electron chi connectivity index (χ3n) is 2.80. The second-order valence-corrected chi connectivity index (χ2v) is 4.56. The van der Waals surface area contributed by atoms with E-state index in [1.807, 2.05) is 6.26 Å². The Bertz CT molecular complexity index is 178. The first-order valence-electron chi connectivity index (χ1n) is 4.64. The highest BCUT2D eigenvalue weighted by molar-refractivity contribution is 7.98. The third kappa shape index (κ3) is 2.61. The fourth-order valence-corrected chi connectivity index (χ4v) is 2.37. The molecule has 1 rings (SSSR count). The molecule has 0 aromatic rings. The number of carboxylic acid groups (broad SMARTS) is 1. The zero-order valence-electron chi connectivity index (χ0n) is 8.01. The highest BCUT2D eigenvalue weighted by atomic mass is 32.2. The normalized spacial score (nSPS) is 21.3. The predicted molar refractivity (Wildman–Crippen MR) is 55.2 cm³/mol. The maximum atomic E-state index is 11.1. The van der Waals surface area contributed by atoms with E-state index < -0.39 is 11.4 Å². The molecule has 0 spiro atoms. The molecular weight excluding hydrogens is 186 g/mol. The molecule has 0 saturated carbocycles. The average Bonchev–Trinajstić information content (AvgIpc) is 2.16. The number of nitrogens with one attached hydrogen (secondary N) is 1. The van der Waals surface area contributed by atoms with Gasteiger partial charge in [-0.15, -0.1) is 0 Å². The van der Waals surface area contributed by atoms with Crippen LogP contribution in [0.3, 0.4) is 0 Å². The Kier molecular flexibility index (Phi) is 4.06. The van der Waals surface area contributed by atoms with Crippen molar-refractivity contribution in [3.63, 3.8) is 0 Å². The summed E-state index contributed by atoms with van der Waals surface area (Å²) in [6, 6.07) is 0. The van der Waals surface area contributed by atoms with Crippen LogP contribution in [0, 0.1) is 5.41 Å². The van der Waals surface area contributed by atoms with Crippen molar-refractivity contribution in [1.29, 1.82) is 0 Å². The third-order valence-corrected chi connectivity index (χ3v) is 3.41. The SMILES string of the molecule is CSCCC1(C(=O)O)CCNCC1. The van der Waals surface area contributed by atoms with Gasteiger partial charge in [0.15, 0.2) is 0 Å². The van der Waals surface area contributed by atoms with Crippen molar-refractivity contribution in [3.05, 3.63) is 0 Å². The molecule has 0 atom stereocenters. The summed E-state index contributed by atoms with van der Waals surface area (Å²) in [7, 11) is 0. The highest BCUT2D eigenvalue weighted by Gasteiger charge is 2.38. The summed E-state index contributed by atoms with van der Waals surface area (Å²) in [4.78, 5) is 11.1. The Morgan fingerprint density at radius 1 is 1.54 bits per heavy atom. The van der Waals surface area contributed by atoms with Crippen molar-refractivity contribution in [3.8, 4) is 0 Å². The molecule has 1 heterocycles. The Hall–Kier alpha value is -0.220. The molecule has 0 radical (unpaired) electrons. The predicted octanol–water partition coefficient (Wildman–Crippen LogP) is 1.19. The van der Waals surface area contributed by atoms with Gasteiger partial charge < -0.3 is 10.4 Å². The molecule has 0 bridgehead atoms. The van der Waals surface area contributed by atoms with Gasteiger partial charge in [-0.1, -0.05) is 0 Å². The standard InChI is InChI=1S/C9H17NO2S/c1-13-7-4-9(8(11)12)2-5-10-6-3-9/h10H,2-7H2,1H3,(H,11,12). The summed E-state index contributed by atoms with van der Waals surface area (Å²) in [5.74, 6) is 0.342. The van der Waals surface area contributed by atoms with Crippen molar-refractivity contribution in [2.24, 2.45) is 5.41 Å². The Labute approximate surface area is 83.3 Å². The lowest BCUT2D eigenvalue weighted by Crippen LogP contribution is -2.42. The zero-order chi connectivity index (χ0) is 9.73. The van der Waals surface area contributed by atoms with E-state index in [1.165, 1.54) is 0 Å². The largest absolute Gasteiger partial charge is 0.481 e. The van der Waals surface area contributed by atoms with Crippen LogP contribution < -0.4 is 5.32 Å². The lowest BCUT2D eigenvalue weighted by atomic mass is 9.77. The molecule has 4 heteroatoms. The maximum Gasteiger partial charge on any atom is 0.309 e. The summed E-state index contributed by atoms with van der Waals surface area (Å²) in [5.41, 5.74) is -0.436. The van der Waals surface area contributed by atoms with Gasteiger partial charge in [-0.3, -0.25) is 4.79 Å². The van der Waals surface area contributed by atoms with Crippen molar-refractivity contribution < 1.29 is 9.90 Å². The molecular formula is C9H17NO2S. The van der Waals surface area contributed by atoms with Gasteiger partial charge in [-0.25, -0.2) is 0 Å². The molecule has 0 amide bonds. The van der Waals surface area contributed by atoms with Gasteiger partial charge in [-0.05, 0) is 44.4 Å². The summed E-state index contributed by atoms with van der Waals surface area (Å²) in [5, 5.41) is 12.4. The molecule has 1 aliphatic heterocycles. The van der Waals surface area contributed by atoms with Crippen molar-refractivity contribution in [2.45, 2.75) is 19.3 Å². The number of rotatable bonds is 4. The average molecular weight is 203 g/mol. The van der Waals surface area contributed by atoms with Crippen LogP contribution in [-0.2, 0) is 4.79 Å². The van der Waals surface area contributed by atoms with Gasteiger partial charge in [0, 0.05) is 0 Å². The number of thioether (sulfide) groups is 1. The van der Waals surface area contributed by atoms with E-state index in [2.05, 4.69) is 5.32 Å². The van der Waals surface area contributed by atoms with E-state index in [-0.39, 0.29) is 0 Å². The van der Waals surface area contributed by atoms with E-state index in [0.29, 0.717) is 0 Å². The fourth-order valence-electron chi connectivity index (χ4n) is 1.77. The van der Waals surface area contributed by atoms with Crippen LogP contribution in [0.15, 0.2) is 0 Å². The molecule has 1 aliphatic rings. The van der Waals surface area contributed by atoms with Crippen LogP contribution in [0.1, 0.15) is 19.3 Å². The number of aliphatic carboxylic acids is 1. The van der Waals surface area contributed by atoms with Gasteiger partial charge in [0.05, 0.1) is 5.41 Å². The van der Waals surface area contributed by atoms with Crippen LogP contribution >= 0.6 is 11.8 Å². The smallest absolute Gasteiger partial charge is 0.309 e. The summed E-state index contributed by atoms with van der Waals surface area (Å²) >= 11 is 1.73. The summed E-state index contributed by atoms with van der Waals surface area (Å²) in [6.07, 6.45) is 4.40. The minimum atomic E-state index is -0.608. The summed E-state index contributed by atoms with van der Waals surface area (Å²) in [6.45, 7) is 1.70. The minimum Gasteiger partial charge on any atom is -0.481 e. The first kappa shape index (κ1) is 10.9. The van der Waals surface area contributed by atoms with E-state index in [4.69, 9.17) is 0 Å². The quantitative estimate of drug-likeness (QED) is 0.720. The van der Waals surface area contributed by atoms with E-state index in [9.17, 15) is 9.90 Å². The van der Waals surface area contributed by atoms with Gasteiger partial charge in [0.2, 0.25) is 0 Å². The molecule has 0 unspecified atom stereocenters. The molecule has 76 valence electrons. The maximum absolute atomic E-state index is 11.1. The zero-order valence-corrected chi connectivity index (χ0v) is 8.82. The number of hydrogen-bond donors (Lipinski definition) is 2. The van der Waals surface area contributed by atoms with Gasteiger partial charge in [0.1, 0.15) is 0 Å². The molecule has 2 N–H and O–H groups in total. The van der Waals surface area contributed by atoms with E-state index >= 15 is 0 Å². The topological polar surface area (TPSA) is 49.3 Å². The molecule has 1 fully saturated rings. The fraction of sp³-hybridized carbons (Fsp3) is 0.889. The van der Waals surface area contributed by atoms with E-state index in [0.717, 1.165) is 38.1 Å². The molecule has 0 aromatic carbocycles. The van der Waals surface area contributed by atoms with Crippen LogP contribution in [0.25, 0.3) is 0 Å². The van der Waals surface area contributed by atoms with Crippen molar-refractivity contribution >= 4 is 17.7 Å². The number of piperidine rings is 1. The molecule has 1 saturated heterocycles.